The largest absolute Gasteiger partial charge is 0.306 e. The second kappa shape index (κ2) is 5.38. The third-order valence-electron chi connectivity index (χ3n) is 2.62. The molecule has 5 nitrogen and oxygen atoms in total. The molecular weight excluding hydrogens is 258 g/mol. The number of nitrogens with one attached hydrogen (secondary N) is 1. The summed E-state index contributed by atoms with van der Waals surface area (Å²) in [6.45, 7) is 11.4. The first-order valence-electron chi connectivity index (χ1n) is 6.48. The van der Waals surface area contributed by atoms with Crippen LogP contribution in [0.15, 0.2) is 12.3 Å². The maximum atomic E-state index is 4.51. The van der Waals surface area contributed by atoms with Gasteiger partial charge in [0, 0.05) is 11.7 Å². The van der Waals surface area contributed by atoms with Gasteiger partial charge in [-0.1, -0.05) is 25.2 Å². The summed E-state index contributed by atoms with van der Waals surface area (Å²) in [5.74, 6) is 0.427. The Balaban J connectivity index is 2.07. The van der Waals surface area contributed by atoms with Crippen LogP contribution in [0.25, 0.3) is 5.13 Å². The minimum Gasteiger partial charge on any atom is -0.306 e. The van der Waals surface area contributed by atoms with Crippen molar-refractivity contribution in [3.8, 4) is 5.13 Å². The smallest absolute Gasteiger partial charge is 0.232 e. The molecule has 2 aromatic heterocycles. The average molecular weight is 279 g/mol. The van der Waals surface area contributed by atoms with Crippen LogP contribution in [-0.2, 0) is 6.54 Å². The molecule has 0 radical (unpaired) electrons. The van der Waals surface area contributed by atoms with E-state index in [1.807, 2.05) is 12.3 Å². The van der Waals surface area contributed by atoms with Gasteiger partial charge < -0.3 is 5.32 Å². The molecule has 0 bridgehead atoms. The normalized spacial score (nSPS) is 12.3. The predicted molar refractivity (Wildman–Crippen MR) is 77.7 cm³/mol. The van der Waals surface area contributed by atoms with Crippen molar-refractivity contribution in [1.82, 2.24) is 25.3 Å². The summed E-state index contributed by atoms with van der Waals surface area (Å²) >= 11 is 1.57. The SMILES string of the molecule is CC(C)c1ccn(-c2nnc(CNC(C)(C)C)s2)n1. The van der Waals surface area contributed by atoms with Crippen LogP contribution in [0.1, 0.15) is 51.2 Å². The number of hydrogen-bond donors (Lipinski definition) is 1. The van der Waals surface area contributed by atoms with E-state index in [1.165, 1.54) is 0 Å². The van der Waals surface area contributed by atoms with Crippen LogP contribution in [0.2, 0.25) is 0 Å². The Hall–Kier alpha value is -1.27. The first-order chi connectivity index (χ1) is 8.85. The molecule has 0 saturated heterocycles. The van der Waals surface area contributed by atoms with Crippen LogP contribution in [0.5, 0.6) is 0 Å². The van der Waals surface area contributed by atoms with Gasteiger partial charge in [0.05, 0.1) is 12.2 Å². The van der Waals surface area contributed by atoms with Gasteiger partial charge in [-0.05, 0) is 32.8 Å². The van der Waals surface area contributed by atoms with Gasteiger partial charge in [0.15, 0.2) is 0 Å². The fraction of sp³-hybridized carbons (Fsp3) is 0.615. The van der Waals surface area contributed by atoms with Gasteiger partial charge in [-0.3, -0.25) is 0 Å². The topological polar surface area (TPSA) is 55.6 Å². The fourth-order valence-corrected chi connectivity index (χ4v) is 2.22. The summed E-state index contributed by atoms with van der Waals surface area (Å²) < 4.78 is 1.80. The molecule has 0 fully saturated rings. The lowest BCUT2D eigenvalue weighted by Gasteiger charge is -2.19. The molecule has 2 aromatic rings. The molecule has 6 heteroatoms. The zero-order valence-electron chi connectivity index (χ0n) is 12.1. The van der Waals surface area contributed by atoms with Gasteiger partial charge in [0.25, 0.3) is 0 Å². The quantitative estimate of drug-likeness (QED) is 0.935. The summed E-state index contributed by atoms with van der Waals surface area (Å²) in [5.41, 5.74) is 1.16. The van der Waals surface area contributed by atoms with E-state index in [1.54, 1.807) is 16.0 Å². The highest BCUT2D eigenvalue weighted by Gasteiger charge is 2.12. The molecule has 0 aliphatic carbocycles. The van der Waals surface area contributed by atoms with Crippen molar-refractivity contribution < 1.29 is 0 Å². The Morgan fingerprint density at radius 3 is 2.63 bits per heavy atom. The maximum absolute atomic E-state index is 4.51. The molecule has 0 atom stereocenters. The van der Waals surface area contributed by atoms with Crippen molar-refractivity contribution in [2.24, 2.45) is 0 Å². The third-order valence-corrected chi connectivity index (χ3v) is 3.54. The van der Waals surface area contributed by atoms with Crippen LogP contribution < -0.4 is 5.32 Å². The van der Waals surface area contributed by atoms with Gasteiger partial charge in [-0.2, -0.15) is 5.10 Å². The molecule has 0 aromatic carbocycles. The fourth-order valence-electron chi connectivity index (χ4n) is 1.50. The van der Waals surface area contributed by atoms with Gasteiger partial charge in [-0.25, -0.2) is 4.68 Å². The van der Waals surface area contributed by atoms with E-state index in [-0.39, 0.29) is 5.54 Å². The standard InChI is InChI=1S/C13H21N5S/c1-9(2)10-6-7-18(17-10)12-16-15-11(19-12)8-14-13(3,4)5/h6-7,9,14H,8H2,1-5H3. The average Bonchev–Trinajstić information content (AvgIpc) is 2.94. The van der Waals surface area contributed by atoms with Crippen LogP contribution in [-0.4, -0.2) is 25.5 Å². The van der Waals surface area contributed by atoms with Crippen molar-refractivity contribution in [3.05, 3.63) is 23.0 Å². The second-order valence-electron chi connectivity index (χ2n) is 5.92. The van der Waals surface area contributed by atoms with Crippen LogP contribution in [0.3, 0.4) is 0 Å². The monoisotopic (exact) mass is 279 g/mol. The highest BCUT2D eigenvalue weighted by Crippen LogP contribution is 2.17. The lowest BCUT2D eigenvalue weighted by molar-refractivity contribution is 0.423. The van der Waals surface area contributed by atoms with Gasteiger partial charge in [0.2, 0.25) is 5.13 Å². The molecule has 0 amide bonds. The Morgan fingerprint density at radius 2 is 2.05 bits per heavy atom. The zero-order chi connectivity index (χ0) is 14.0. The van der Waals surface area contributed by atoms with E-state index in [4.69, 9.17) is 0 Å². The summed E-state index contributed by atoms with van der Waals surface area (Å²) in [5, 5.41) is 18.1. The van der Waals surface area contributed by atoms with E-state index in [9.17, 15) is 0 Å². The van der Waals surface area contributed by atoms with E-state index < -0.39 is 0 Å². The first kappa shape index (κ1) is 14.1. The minimum atomic E-state index is 0.0857. The van der Waals surface area contributed by atoms with E-state index in [0.717, 1.165) is 22.4 Å². The van der Waals surface area contributed by atoms with E-state index in [0.29, 0.717) is 5.92 Å². The Morgan fingerprint density at radius 1 is 1.32 bits per heavy atom. The summed E-state index contributed by atoms with van der Waals surface area (Å²) in [6.07, 6.45) is 1.94. The van der Waals surface area contributed by atoms with Gasteiger partial charge in [0.1, 0.15) is 5.01 Å². The molecule has 1 N–H and O–H groups in total. The lowest BCUT2D eigenvalue weighted by Crippen LogP contribution is -2.35. The number of rotatable bonds is 4. The minimum absolute atomic E-state index is 0.0857. The number of nitrogens with zero attached hydrogens (tertiary/aromatic N) is 4. The zero-order valence-corrected chi connectivity index (χ0v) is 13.0. The van der Waals surface area contributed by atoms with Crippen molar-refractivity contribution in [2.75, 3.05) is 0 Å². The Bertz CT molecular complexity index is 535. The summed E-state index contributed by atoms with van der Waals surface area (Å²) in [6, 6.07) is 2.03. The highest BCUT2D eigenvalue weighted by atomic mass is 32.1. The van der Waals surface area contributed by atoms with E-state index >= 15 is 0 Å². The summed E-state index contributed by atoms with van der Waals surface area (Å²) in [4.78, 5) is 0. The predicted octanol–water partition coefficient (Wildman–Crippen LogP) is 2.74. The maximum Gasteiger partial charge on any atom is 0.232 e. The number of hydrogen-bond acceptors (Lipinski definition) is 5. The van der Waals surface area contributed by atoms with Crippen molar-refractivity contribution in [1.29, 1.82) is 0 Å². The molecule has 104 valence electrons. The van der Waals surface area contributed by atoms with Crippen molar-refractivity contribution in [3.63, 3.8) is 0 Å². The van der Waals surface area contributed by atoms with Crippen LogP contribution in [0.4, 0.5) is 0 Å². The molecule has 0 unspecified atom stereocenters. The van der Waals surface area contributed by atoms with Gasteiger partial charge >= 0.3 is 0 Å². The Labute approximate surface area is 118 Å². The molecule has 0 saturated carbocycles. The first-order valence-corrected chi connectivity index (χ1v) is 7.30. The lowest BCUT2D eigenvalue weighted by atomic mass is 10.1. The highest BCUT2D eigenvalue weighted by molar-refractivity contribution is 7.13. The molecule has 2 rings (SSSR count). The Kier molecular flexibility index (Phi) is 4.01. The summed E-state index contributed by atoms with van der Waals surface area (Å²) in [7, 11) is 0. The number of aromatic nitrogens is 4. The van der Waals surface area contributed by atoms with Crippen molar-refractivity contribution >= 4 is 11.3 Å². The molecule has 2 heterocycles. The molecular formula is C13H21N5S. The van der Waals surface area contributed by atoms with Crippen LogP contribution in [0, 0.1) is 0 Å². The third kappa shape index (κ3) is 3.84. The van der Waals surface area contributed by atoms with Crippen molar-refractivity contribution in [2.45, 2.75) is 52.6 Å². The second-order valence-corrected chi connectivity index (χ2v) is 6.96. The molecule has 19 heavy (non-hydrogen) atoms. The van der Waals surface area contributed by atoms with E-state index in [2.05, 4.69) is 55.2 Å². The molecule has 0 aliphatic heterocycles. The molecule has 0 aliphatic rings. The molecule has 0 spiro atoms. The van der Waals surface area contributed by atoms with Gasteiger partial charge in [-0.15, -0.1) is 10.2 Å². The van der Waals surface area contributed by atoms with Crippen LogP contribution >= 0.6 is 11.3 Å².